The summed E-state index contributed by atoms with van der Waals surface area (Å²) in [5.41, 5.74) is 0.821. The second kappa shape index (κ2) is 6.09. The molecule has 1 N–H and O–H groups in total. The molecule has 0 aliphatic carbocycles. The summed E-state index contributed by atoms with van der Waals surface area (Å²) < 4.78 is 13.5. The third kappa shape index (κ3) is 3.05. The molecule has 1 aromatic heterocycles. The van der Waals surface area contributed by atoms with Crippen LogP contribution in [0.3, 0.4) is 0 Å². The summed E-state index contributed by atoms with van der Waals surface area (Å²) in [6.45, 7) is 2.72. The van der Waals surface area contributed by atoms with Gasteiger partial charge in [0, 0.05) is 12.7 Å². The number of anilines is 1. The first-order chi connectivity index (χ1) is 10.6. The Morgan fingerprint density at radius 2 is 2.27 bits per heavy atom. The lowest BCUT2D eigenvalue weighted by molar-refractivity contribution is 0.206. The van der Waals surface area contributed by atoms with Gasteiger partial charge in [-0.05, 0) is 36.1 Å². The molecule has 22 heavy (non-hydrogen) atoms. The Morgan fingerprint density at radius 3 is 3.00 bits per heavy atom. The minimum Gasteiger partial charge on any atom is -0.317 e. The van der Waals surface area contributed by atoms with E-state index >= 15 is 0 Å². The Hall–Kier alpha value is -2.50. The maximum atomic E-state index is 13.5. The predicted octanol–water partition coefficient (Wildman–Crippen LogP) is 3.23. The van der Waals surface area contributed by atoms with Crippen LogP contribution in [0.25, 0.3) is 0 Å². The van der Waals surface area contributed by atoms with Crippen molar-refractivity contribution in [3.05, 3.63) is 54.2 Å². The number of urea groups is 1. The summed E-state index contributed by atoms with van der Waals surface area (Å²) in [6.07, 6.45) is 3.77. The number of aromatic nitrogens is 2. The van der Waals surface area contributed by atoms with Gasteiger partial charge in [0.2, 0.25) is 0 Å². The molecule has 114 valence electrons. The van der Waals surface area contributed by atoms with Gasteiger partial charge in [-0.2, -0.15) is 0 Å². The number of carbonyl (C=O) groups is 1. The average molecular weight is 300 g/mol. The van der Waals surface area contributed by atoms with Crippen molar-refractivity contribution in [2.24, 2.45) is 5.92 Å². The van der Waals surface area contributed by atoms with E-state index in [2.05, 4.69) is 22.2 Å². The van der Waals surface area contributed by atoms with Gasteiger partial charge in [0.25, 0.3) is 0 Å². The van der Waals surface area contributed by atoms with Crippen molar-refractivity contribution in [3.8, 4) is 0 Å². The SMILES string of the molecule is C[C@@H]1C[C@@H](c2cccc(F)c2)N(C(=O)Nc2ccncn2)C1. The Kier molecular flexibility index (Phi) is 4.00. The van der Waals surface area contributed by atoms with Crippen LogP contribution in [-0.2, 0) is 0 Å². The van der Waals surface area contributed by atoms with Crippen LogP contribution in [0.2, 0.25) is 0 Å². The van der Waals surface area contributed by atoms with Gasteiger partial charge in [0.05, 0.1) is 6.04 Å². The van der Waals surface area contributed by atoms with Gasteiger partial charge in [-0.15, -0.1) is 0 Å². The molecule has 1 saturated heterocycles. The molecule has 1 aliphatic rings. The summed E-state index contributed by atoms with van der Waals surface area (Å²) >= 11 is 0. The highest BCUT2D eigenvalue weighted by molar-refractivity contribution is 5.88. The van der Waals surface area contributed by atoms with Crippen LogP contribution in [0.5, 0.6) is 0 Å². The molecular formula is C16H17FN4O. The van der Waals surface area contributed by atoms with Gasteiger partial charge in [-0.1, -0.05) is 19.1 Å². The number of rotatable bonds is 2. The number of likely N-dealkylation sites (tertiary alicyclic amines) is 1. The van der Waals surface area contributed by atoms with E-state index in [1.54, 1.807) is 23.2 Å². The molecule has 0 bridgehead atoms. The molecule has 3 rings (SSSR count). The maximum absolute atomic E-state index is 13.5. The molecule has 0 spiro atoms. The molecule has 2 aromatic rings. The van der Waals surface area contributed by atoms with Crippen molar-refractivity contribution < 1.29 is 9.18 Å². The summed E-state index contributed by atoms with van der Waals surface area (Å²) in [5.74, 6) is 0.537. The smallest absolute Gasteiger partial charge is 0.317 e. The third-order valence-electron chi connectivity index (χ3n) is 3.82. The fourth-order valence-electron chi connectivity index (χ4n) is 2.85. The van der Waals surface area contributed by atoms with Crippen molar-refractivity contribution in [1.29, 1.82) is 0 Å². The minimum absolute atomic E-state index is 0.118. The molecule has 2 heterocycles. The zero-order valence-corrected chi connectivity index (χ0v) is 12.2. The highest BCUT2D eigenvalue weighted by Gasteiger charge is 2.34. The first-order valence-electron chi connectivity index (χ1n) is 7.22. The molecule has 0 saturated carbocycles. The molecule has 1 aliphatic heterocycles. The lowest BCUT2D eigenvalue weighted by Gasteiger charge is -2.25. The summed E-state index contributed by atoms with van der Waals surface area (Å²) in [5, 5.41) is 2.76. The van der Waals surface area contributed by atoms with Crippen molar-refractivity contribution in [2.45, 2.75) is 19.4 Å². The van der Waals surface area contributed by atoms with Gasteiger partial charge in [-0.3, -0.25) is 5.32 Å². The third-order valence-corrected chi connectivity index (χ3v) is 3.82. The van der Waals surface area contributed by atoms with E-state index in [0.717, 1.165) is 12.0 Å². The Labute approximate surface area is 128 Å². The van der Waals surface area contributed by atoms with Crippen LogP contribution < -0.4 is 5.32 Å². The van der Waals surface area contributed by atoms with Crippen LogP contribution >= 0.6 is 0 Å². The minimum atomic E-state index is -0.284. The zero-order chi connectivity index (χ0) is 15.5. The van der Waals surface area contributed by atoms with Crippen LogP contribution in [0.4, 0.5) is 15.0 Å². The molecule has 1 fully saturated rings. The fourth-order valence-corrected chi connectivity index (χ4v) is 2.85. The summed E-state index contributed by atoms with van der Waals surface area (Å²) in [7, 11) is 0. The van der Waals surface area contributed by atoms with Gasteiger partial charge in [-0.25, -0.2) is 19.2 Å². The monoisotopic (exact) mass is 300 g/mol. The molecule has 0 unspecified atom stereocenters. The highest BCUT2D eigenvalue weighted by Crippen LogP contribution is 2.35. The summed E-state index contributed by atoms with van der Waals surface area (Å²) in [4.78, 5) is 22.0. The van der Waals surface area contributed by atoms with E-state index in [4.69, 9.17) is 0 Å². The number of hydrogen-bond acceptors (Lipinski definition) is 3. The number of benzene rings is 1. The predicted molar refractivity (Wildman–Crippen MR) is 80.7 cm³/mol. The van der Waals surface area contributed by atoms with E-state index in [-0.39, 0.29) is 17.9 Å². The van der Waals surface area contributed by atoms with Crippen molar-refractivity contribution in [2.75, 3.05) is 11.9 Å². The first-order valence-corrected chi connectivity index (χ1v) is 7.22. The standard InChI is InChI=1S/C16H17FN4O/c1-11-7-14(12-3-2-4-13(17)8-12)21(9-11)16(22)20-15-5-6-18-10-19-15/h2-6,8,10-11,14H,7,9H2,1H3,(H,18,19,20,22)/t11-,14+/m1/s1. The second-order valence-corrected chi connectivity index (χ2v) is 5.59. The summed E-state index contributed by atoms with van der Waals surface area (Å²) in [6, 6.07) is 7.73. The lowest BCUT2D eigenvalue weighted by atomic mass is 10.0. The van der Waals surface area contributed by atoms with E-state index in [9.17, 15) is 9.18 Å². The molecule has 5 nitrogen and oxygen atoms in total. The van der Waals surface area contributed by atoms with Crippen LogP contribution in [-0.4, -0.2) is 27.4 Å². The quantitative estimate of drug-likeness (QED) is 0.926. The molecule has 2 atom stereocenters. The van der Waals surface area contributed by atoms with Crippen molar-refractivity contribution in [1.82, 2.24) is 14.9 Å². The Balaban J connectivity index is 1.80. The average Bonchev–Trinajstić information content (AvgIpc) is 2.90. The number of hydrogen-bond donors (Lipinski definition) is 1. The zero-order valence-electron chi connectivity index (χ0n) is 12.2. The van der Waals surface area contributed by atoms with Crippen LogP contribution in [0.1, 0.15) is 24.9 Å². The van der Waals surface area contributed by atoms with E-state index in [1.807, 2.05) is 6.07 Å². The van der Waals surface area contributed by atoms with Gasteiger partial charge >= 0.3 is 6.03 Å². The number of carbonyl (C=O) groups excluding carboxylic acids is 1. The molecule has 0 radical (unpaired) electrons. The largest absolute Gasteiger partial charge is 0.323 e. The maximum Gasteiger partial charge on any atom is 0.323 e. The Morgan fingerprint density at radius 1 is 1.41 bits per heavy atom. The molecular weight excluding hydrogens is 283 g/mol. The van der Waals surface area contributed by atoms with Gasteiger partial charge in [0.15, 0.2) is 0 Å². The van der Waals surface area contributed by atoms with Gasteiger partial charge < -0.3 is 4.90 Å². The lowest BCUT2D eigenvalue weighted by Crippen LogP contribution is -2.35. The highest BCUT2D eigenvalue weighted by atomic mass is 19.1. The molecule has 2 amide bonds. The first kappa shape index (κ1) is 14.4. The van der Waals surface area contributed by atoms with E-state index < -0.39 is 0 Å². The van der Waals surface area contributed by atoms with Crippen LogP contribution in [0.15, 0.2) is 42.9 Å². The topological polar surface area (TPSA) is 58.1 Å². The normalized spacial score (nSPS) is 20.9. The number of nitrogens with zero attached hydrogens (tertiary/aromatic N) is 3. The number of halogens is 1. The second-order valence-electron chi connectivity index (χ2n) is 5.59. The fraction of sp³-hybridized carbons (Fsp3) is 0.312. The van der Waals surface area contributed by atoms with E-state index in [0.29, 0.717) is 18.3 Å². The van der Waals surface area contributed by atoms with Gasteiger partial charge in [0.1, 0.15) is 18.0 Å². The molecule has 1 aromatic carbocycles. The van der Waals surface area contributed by atoms with E-state index in [1.165, 1.54) is 18.5 Å². The van der Waals surface area contributed by atoms with Crippen molar-refractivity contribution >= 4 is 11.8 Å². The Bertz CT molecular complexity index is 664. The number of nitrogens with one attached hydrogen (secondary N) is 1. The number of amides is 2. The van der Waals surface area contributed by atoms with Crippen molar-refractivity contribution in [3.63, 3.8) is 0 Å². The molecule has 6 heteroatoms. The van der Waals surface area contributed by atoms with Crippen LogP contribution in [0, 0.1) is 11.7 Å².